The van der Waals surface area contributed by atoms with Crippen LogP contribution in [0.5, 0.6) is 0 Å². The zero-order chi connectivity index (χ0) is 19.5. The number of benzene rings is 1. The van der Waals surface area contributed by atoms with Crippen LogP contribution in [0.25, 0.3) is 22.4 Å². The molecular formula is C19H14N6O2S. The van der Waals surface area contributed by atoms with E-state index >= 15 is 0 Å². The number of aromatic nitrogens is 4. The Kier molecular flexibility index (Phi) is 4.78. The Bertz CT molecular complexity index is 1190. The maximum Gasteiger partial charge on any atom is 0.234 e. The summed E-state index contributed by atoms with van der Waals surface area (Å²) in [6.45, 7) is 0. The van der Waals surface area contributed by atoms with Crippen LogP contribution in [0, 0.1) is 11.3 Å². The fourth-order valence-corrected chi connectivity index (χ4v) is 3.46. The first-order valence-electron chi connectivity index (χ1n) is 8.31. The predicted molar refractivity (Wildman–Crippen MR) is 105 cm³/mol. The van der Waals surface area contributed by atoms with E-state index in [2.05, 4.69) is 20.5 Å². The summed E-state index contributed by atoms with van der Waals surface area (Å²) in [6.07, 6.45) is 3.37. The minimum absolute atomic E-state index is 0.0816. The molecule has 3 aromatic heterocycles. The zero-order valence-electron chi connectivity index (χ0n) is 14.8. The lowest BCUT2D eigenvalue weighted by Crippen LogP contribution is -2.15. The van der Waals surface area contributed by atoms with Crippen molar-refractivity contribution in [3.8, 4) is 17.5 Å². The van der Waals surface area contributed by atoms with Crippen molar-refractivity contribution in [3.63, 3.8) is 0 Å². The second-order valence-corrected chi connectivity index (χ2v) is 6.79. The summed E-state index contributed by atoms with van der Waals surface area (Å²) in [6, 6.07) is 12.8. The third kappa shape index (κ3) is 3.33. The van der Waals surface area contributed by atoms with Crippen LogP contribution in [-0.2, 0) is 11.8 Å². The highest BCUT2D eigenvalue weighted by Crippen LogP contribution is 2.30. The van der Waals surface area contributed by atoms with Gasteiger partial charge in [0.2, 0.25) is 11.7 Å². The molecule has 28 heavy (non-hydrogen) atoms. The third-order valence-corrected chi connectivity index (χ3v) is 5.09. The lowest BCUT2D eigenvalue weighted by atomic mass is 10.2. The number of carbonyl (C=O) groups is 1. The van der Waals surface area contributed by atoms with E-state index in [1.54, 1.807) is 24.5 Å². The van der Waals surface area contributed by atoms with Crippen molar-refractivity contribution in [2.24, 2.45) is 7.05 Å². The van der Waals surface area contributed by atoms with Gasteiger partial charge in [-0.15, -0.1) is 10.2 Å². The van der Waals surface area contributed by atoms with E-state index in [1.807, 2.05) is 41.9 Å². The molecule has 0 aliphatic rings. The highest BCUT2D eigenvalue weighted by molar-refractivity contribution is 7.99. The molecule has 138 valence electrons. The van der Waals surface area contributed by atoms with E-state index in [4.69, 9.17) is 4.42 Å². The molecule has 3 heterocycles. The highest BCUT2D eigenvalue weighted by atomic mass is 32.2. The smallest absolute Gasteiger partial charge is 0.234 e. The van der Waals surface area contributed by atoms with Crippen molar-refractivity contribution in [2.75, 3.05) is 11.1 Å². The Morgan fingerprint density at radius 2 is 2.04 bits per heavy atom. The number of thioether (sulfide) groups is 1. The summed E-state index contributed by atoms with van der Waals surface area (Å²) in [4.78, 5) is 16.4. The third-order valence-electron chi connectivity index (χ3n) is 4.07. The van der Waals surface area contributed by atoms with Crippen molar-refractivity contribution >= 4 is 34.3 Å². The van der Waals surface area contributed by atoms with Gasteiger partial charge in [0.15, 0.2) is 11.0 Å². The molecule has 1 amide bonds. The van der Waals surface area contributed by atoms with E-state index in [0.29, 0.717) is 27.6 Å². The maximum absolute atomic E-state index is 12.4. The molecule has 0 bridgehead atoms. The molecule has 4 rings (SSSR count). The first-order chi connectivity index (χ1) is 13.7. The van der Waals surface area contributed by atoms with Gasteiger partial charge in [0.1, 0.15) is 17.3 Å². The number of nitriles is 1. The minimum Gasteiger partial charge on any atom is -0.443 e. The average molecular weight is 390 g/mol. The minimum atomic E-state index is -0.262. The number of furan rings is 1. The monoisotopic (exact) mass is 390 g/mol. The normalized spacial score (nSPS) is 10.7. The van der Waals surface area contributed by atoms with Gasteiger partial charge in [-0.3, -0.25) is 9.78 Å². The number of carbonyl (C=O) groups excluding carboxylic acids is 1. The van der Waals surface area contributed by atoms with E-state index in [9.17, 15) is 10.1 Å². The van der Waals surface area contributed by atoms with Crippen molar-refractivity contribution in [1.29, 1.82) is 5.26 Å². The number of rotatable bonds is 5. The van der Waals surface area contributed by atoms with Crippen LogP contribution in [0.15, 0.2) is 58.4 Å². The van der Waals surface area contributed by atoms with Crippen LogP contribution in [0.3, 0.4) is 0 Å². The second kappa shape index (κ2) is 7.54. The van der Waals surface area contributed by atoms with Gasteiger partial charge >= 0.3 is 0 Å². The Labute approximate surface area is 164 Å². The van der Waals surface area contributed by atoms with Gasteiger partial charge in [-0.05, 0) is 24.3 Å². The fourth-order valence-electron chi connectivity index (χ4n) is 2.75. The van der Waals surface area contributed by atoms with Crippen LogP contribution in [0.4, 0.5) is 5.69 Å². The number of anilines is 1. The molecule has 9 heteroatoms. The van der Waals surface area contributed by atoms with Gasteiger partial charge in [-0.25, -0.2) is 0 Å². The van der Waals surface area contributed by atoms with Crippen LogP contribution in [-0.4, -0.2) is 31.4 Å². The SMILES string of the molecule is Cn1c(SCC(=O)Nc2c(C#N)oc3ccccc23)nnc1-c1ccncc1. The van der Waals surface area contributed by atoms with E-state index in [0.717, 1.165) is 5.56 Å². The number of fused-ring (bicyclic) bond motifs is 1. The van der Waals surface area contributed by atoms with Gasteiger partial charge in [0.05, 0.1) is 5.75 Å². The van der Waals surface area contributed by atoms with Crippen molar-refractivity contribution < 1.29 is 9.21 Å². The van der Waals surface area contributed by atoms with Gasteiger partial charge in [-0.2, -0.15) is 5.26 Å². The summed E-state index contributed by atoms with van der Waals surface area (Å²) in [5.74, 6) is 0.629. The predicted octanol–water partition coefficient (Wildman–Crippen LogP) is 3.23. The molecule has 0 saturated heterocycles. The van der Waals surface area contributed by atoms with Crippen molar-refractivity contribution in [3.05, 3.63) is 54.6 Å². The Morgan fingerprint density at radius 3 is 2.82 bits per heavy atom. The van der Waals surface area contributed by atoms with E-state index < -0.39 is 0 Å². The Balaban J connectivity index is 1.48. The zero-order valence-corrected chi connectivity index (χ0v) is 15.6. The largest absolute Gasteiger partial charge is 0.443 e. The van der Waals surface area contributed by atoms with Crippen molar-refractivity contribution in [1.82, 2.24) is 19.7 Å². The number of hydrogen-bond acceptors (Lipinski definition) is 7. The van der Waals surface area contributed by atoms with Gasteiger partial charge in [-0.1, -0.05) is 23.9 Å². The molecule has 1 N–H and O–H groups in total. The summed E-state index contributed by atoms with van der Waals surface area (Å²) >= 11 is 1.26. The molecule has 0 saturated carbocycles. The Morgan fingerprint density at radius 1 is 1.25 bits per heavy atom. The fraction of sp³-hybridized carbons (Fsp3) is 0.105. The number of nitrogens with zero attached hydrogens (tertiary/aromatic N) is 5. The van der Waals surface area contributed by atoms with Gasteiger partial charge < -0.3 is 14.3 Å². The molecule has 0 radical (unpaired) electrons. The van der Waals surface area contributed by atoms with Crippen LogP contribution in [0.2, 0.25) is 0 Å². The molecule has 0 atom stereocenters. The number of pyridine rings is 1. The Hall–Kier alpha value is -3.64. The lowest BCUT2D eigenvalue weighted by Gasteiger charge is -2.05. The van der Waals surface area contributed by atoms with E-state index in [1.165, 1.54) is 11.8 Å². The second-order valence-electron chi connectivity index (χ2n) is 5.85. The standard InChI is InChI=1S/C19H14N6O2S/c1-25-18(12-6-8-21-9-7-12)23-24-19(25)28-11-16(26)22-17-13-4-2-3-5-14(13)27-15(17)10-20/h2-9H,11H2,1H3,(H,22,26). The van der Waals surface area contributed by atoms with Crippen LogP contribution < -0.4 is 5.32 Å². The molecule has 0 fully saturated rings. The molecule has 0 aliphatic carbocycles. The van der Waals surface area contributed by atoms with Crippen LogP contribution in [0.1, 0.15) is 5.76 Å². The van der Waals surface area contributed by atoms with E-state index in [-0.39, 0.29) is 17.4 Å². The summed E-state index contributed by atoms with van der Waals surface area (Å²) in [7, 11) is 1.84. The molecular weight excluding hydrogens is 376 g/mol. The molecule has 4 aromatic rings. The van der Waals surface area contributed by atoms with Gasteiger partial charge in [0.25, 0.3) is 0 Å². The summed E-state index contributed by atoms with van der Waals surface area (Å²) < 4.78 is 7.29. The number of amides is 1. The molecule has 0 unspecified atom stereocenters. The first-order valence-corrected chi connectivity index (χ1v) is 9.30. The molecule has 8 nitrogen and oxygen atoms in total. The van der Waals surface area contributed by atoms with Crippen LogP contribution >= 0.6 is 11.8 Å². The summed E-state index contributed by atoms with van der Waals surface area (Å²) in [5.41, 5.74) is 1.83. The highest BCUT2D eigenvalue weighted by Gasteiger charge is 2.17. The van der Waals surface area contributed by atoms with Crippen molar-refractivity contribution in [2.45, 2.75) is 5.16 Å². The quantitative estimate of drug-likeness (QED) is 0.521. The number of nitrogens with one attached hydrogen (secondary N) is 1. The topological polar surface area (TPSA) is 110 Å². The summed E-state index contributed by atoms with van der Waals surface area (Å²) in [5, 5.41) is 21.7. The lowest BCUT2D eigenvalue weighted by molar-refractivity contribution is -0.113. The maximum atomic E-state index is 12.4. The first kappa shape index (κ1) is 17.8. The molecule has 0 aliphatic heterocycles. The number of para-hydroxylation sites is 1. The molecule has 0 spiro atoms. The molecule has 1 aromatic carbocycles. The van der Waals surface area contributed by atoms with Gasteiger partial charge in [0, 0.05) is 30.4 Å². The number of hydrogen-bond donors (Lipinski definition) is 1. The average Bonchev–Trinajstić information content (AvgIpc) is 3.27.